The SMILES string of the molecule is O=S(=O)(c1cccs1)N1CC=C(c2ccccc2)CC1. The Kier molecular flexibility index (Phi) is 3.74. The molecule has 0 aliphatic carbocycles. The number of hydrogen-bond acceptors (Lipinski definition) is 3. The molecule has 5 heteroatoms. The van der Waals surface area contributed by atoms with Crippen molar-refractivity contribution in [3.05, 3.63) is 59.5 Å². The number of hydrogen-bond donors (Lipinski definition) is 0. The molecular formula is C15H15NO2S2. The van der Waals surface area contributed by atoms with Gasteiger partial charge in [-0.15, -0.1) is 11.3 Å². The summed E-state index contributed by atoms with van der Waals surface area (Å²) in [5.41, 5.74) is 2.41. The maximum atomic E-state index is 12.4. The Hall–Kier alpha value is -1.43. The average molecular weight is 305 g/mol. The van der Waals surface area contributed by atoms with Gasteiger partial charge in [-0.1, -0.05) is 42.5 Å². The highest BCUT2D eigenvalue weighted by atomic mass is 32.2. The van der Waals surface area contributed by atoms with E-state index in [4.69, 9.17) is 0 Å². The Labute approximate surface area is 123 Å². The molecule has 0 N–H and O–H groups in total. The van der Waals surface area contributed by atoms with Gasteiger partial charge in [-0.2, -0.15) is 4.31 Å². The predicted molar refractivity (Wildman–Crippen MR) is 82.1 cm³/mol. The van der Waals surface area contributed by atoms with E-state index in [9.17, 15) is 8.42 Å². The third-order valence-corrected chi connectivity index (χ3v) is 6.64. The summed E-state index contributed by atoms with van der Waals surface area (Å²) in [6.45, 7) is 0.991. The van der Waals surface area contributed by atoms with Crippen LogP contribution in [0.25, 0.3) is 5.57 Å². The zero-order valence-electron chi connectivity index (χ0n) is 10.9. The fourth-order valence-electron chi connectivity index (χ4n) is 2.32. The Balaban J connectivity index is 1.80. The number of benzene rings is 1. The van der Waals surface area contributed by atoms with E-state index in [0.717, 1.165) is 6.42 Å². The van der Waals surface area contributed by atoms with Crippen LogP contribution in [0.15, 0.2) is 58.1 Å². The maximum absolute atomic E-state index is 12.4. The zero-order valence-corrected chi connectivity index (χ0v) is 12.5. The highest BCUT2D eigenvalue weighted by molar-refractivity contribution is 7.91. The van der Waals surface area contributed by atoms with E-state index in [-0.39, 0.29) is 0 Å². The highest BCUT2D eigenvalue weighted by Gasteiger charge is 2.26. The quantitative estimate of drug-likeness (QED) is 0.873. The number of thiophene rings is 1. The molecule has 0 atom stereocenters. The first-order chi connectivity index (χ1) is 9.68. The van der Waals surface area contributed by atoms with E-state index < -0.39 is 10.0 Å². The van der Waals surface area contributed by atoms with Gasteiger partial charge < -0.3 is 0 Å². The maximum Gasteiger partial charge on any atom is 0.252 e. The van der Waals surface area contributed by atoms with Crippen LogP contribution in [0.5, 0.6) is 0 Å². The summed E-state index contributed by atoms with van der Waals surface area (Å²) >= 11 is 1.27. The second-order valence-electron chi connectivity index (χ2n) is 4.64. The molecule has 104 valence electrons. The van der Waals surface area contributed by atoms with Crippen molar-refractivity contribution in [3.63, 3.8) is 0 Å². The summed E-state index contributed by atoms with van der Waals surface area (Å²) < 4.78 is 26.8. The molecule has 1 aliphatic rings. The second-order valence-corrected chi connectivity index (χ2v) is 7.75. The van der Waals surface area contributed by atoms with Gasteiger partial charge in [0.1, 0.15) is 4.21 Å². The van der Waals surface area contributed by atoms with Gasteiger partial charge in [0.25, 0.3) is 10.0 Å². The second kappa shape index (κ2) is 5.52. The largest absolute Gasteiger partial charge is 0.252 e. The molecule has 0 amide bonds. The van der Waals surface area contributed by atoms with Gasteiger partial charge in [0.15, 0.2) is 0 Å². The van der Waals surface area contributed by atoms with Gasteiger partial charge in [0.2, 0.25) is 0 Å². The van der Waals surface area contributed by atoms with E-state index in [0.29, 0.717) is 17.3 Å². The highest BCUT2D eigenvalue weighted by Crippen LogP contribution is 2.27. The van der Waals surface area contributed by atoms with Gasteiger partial charge in [0.05, 0.1) is 0 Å². The Morgan fingerprint density at radius 3 is 2.45 bits per heavy atom. The number of sulfonamides is 1. The standard InChI is InChI=1S/C15H15NO2S2/c17-20(18,15-7-4-12-19-15)16-10-8-14(9-11-16)13-5-2-1-3-6-13/h1-8,12H,9-11H2. The Morgan fingerprint density at radius 2 is 1.85 bits per heavy atom. The molecule has 0 saturated carbocycles. The molecule has 0 spiro atoms. The fraction of sp³-hybridized carbons (Fsp3) is 0.200. The third kappa shape index (κ3) is 2.57. The van der Waals surface area contributed by atoms with Crippen LogP contribution in [0, 0.1) is 0 Å². The van der Waals surface area contributed by atoms with E-state index in [1.54, 1.807) is 21.8 Å². The van der Waals surface area contributed by atoms with Crippen LogP contribution in [0.3, 0.4) is 0 Å². The minimum atomic E-state index is -3.32. The Bertz CT molecular complexity index is 704. The smallest absolute Gasteiger partial charge is 0.206 e. The molecule has 0 bridgehead atoms. The summed E-state index contributed by atoms with van der Waals surface area (Å²) in [6, 6.07) is 13.6. The average Bonchev–Trinajstić information content (AvgIpc) is 3.03. The monoisotopic (exact) mass is 305 g/mol. The van der Waals surface area contributed by atoms with Crippen LogP contribution < -0.4 is 0 Å². The van der Waals surface area contributed by atoms with Crippen molar-refractivity contribution in [3.8, 4) is 0 Å². The van der Waals surface area contributed by atoms with E-state index in [1.165, 1.54) is 22.5 Å². The zero-order chi connectivity index (χ0) is 14.0. The molecule has 0 fully saturated rings. The van der Waals surface area contributed by atoms with E-state index in [1.807, 2.05) is 24.3 Å². The summed E-state index contributed by atoms with van der Waals surface area (Å²) in [7, 11) is -3.32. The molecule has 0 saturated heterocycles. The van der Waals surface area contributed by atoms with Crippen molar-refractivity contribution < 1.29 is 8.42 Å². The molecule has 3 nitrogen and oxygen atoms in total. The first kappa shape index (κ1) is 13.5. The third-order valence-electron chi connectivity index (χ3n) is 3.41. The molecule has 2 heterocycles. The van der Waals surface area contributed by atoms with Crippen molar-refractivity contribution in [2.45, 2.75) is 10.6 Å². The molecule has 2 aromatic rings. The number of nitrogens with zero attached hydrogens (tertiary/aromatic N) is 1. The van der Waals surface area contributed by atoms with Gasteiger partial charge in [-0.25, -0.2) is 8.42 Å². The van der Waals surface area contributed by atoms with E-state index in [2.05, 4.69) is 12.1 Å². The molecule has 0 radical (unpaired) electrons. The van der Waals surface area contributed by atoms with Crippen LogP contribution in [0.1, 0.15) is 12.0 Å². The molecule has 1 aliphatic heterocycles. The number of rotatable bonds is 3. The lowest BCUT2D eigenvalue weighted by Crippen LogP contribution is -2.34. The minimum Gasteiger partial charge on any atom is -0.206 e. The van der Waals surface area contributed by atoms with Gasteiger partial charge in [-0.05, 0) is 29.0 Å². The first-order valence-electron chi connectivity index (χ1n) is 6.46. The fourth-order valence-corrected chi connectivity index (χ4v) is 4.85. The van der Waals surface area contributed by atoms with Gasteiger partial charge in [-0.3, -0.25) is 0 Å². The summed E-state index contributed by atoms with van der Waals surface area (Å²) in [5.74, 6) is 0. The molecule has 0 unspecified atom stereocenters. The van der Waals surface area contributed by atoms with Crippen molar-refractivity contribution in [2.75, 3.05) is 13.1 Å². The van der Waals surface area contributed by atoms with E-state index >= 15 is 0 Å². The molecule has 1 aromatic heterocycles. The first-order valence-corrected chi connectivity index (χ1v) is 8.78. The van der Waals surface area contributed by atoms with Crippen molar-refractivity contribution in [1.29, 1.82) is 0 Å². The van der Waals surface area contributed by atoms with Gasteiger partial charge >= 0.3 is 0 Å². The lowest BCUT2D eigenvalue weighted by molar-refractivity contribution is 0.442. The summed E-state index contributed by atoms with van der Waals surface area (Å²) in [5, 5.41) is 1.79. The lowest BCUT2D eigenvalue weighted by Gasteiger charge is -2.25. The topological polar surface area (TPSA) is 37.4 Å². The van der Waals surface area contributed by atoms with Crippen LogP contribution in [0.2, 0.25) is 0 Å². The van der Waals surface area contributed by atoms with Crippen molar-refractivity contribution in [2.24, 2.45) is 0 Å². The summed E-state index contributed by atoms with van der Waals surface area (Å²) in [6.07, 6.45) is 2.78. The Morgan fingerprint density at radius 1 is 1.05 bits per heavy atom. The lowest BCUT2D eigenvalue weighted by atomic mass is 10.0. The van der Waals surface area contributed by atoms with Crippen LogP contribution in [0.4, 0.5) is 0 Å². The van der Waals surface area contributed by atoms with Crippen molar-refractivity contribution >= 4 is 26.9 Å². The molecular weight excluding hydrogens is 290 g/mol. The van der Waals surface area contributed by atoms with Crippen molar-refractivity contribution in [1.82, 2.24) is 4.31 Å². The molecule has 1 aromatic carbocycles. The van der Waals surface area contributed by atoms with Crippen LogP contribution in [-0.4, -0.2) is 25.8 Å². The van der Waals surface area contributed by atoms with Gasteiger partial charge in [0, 0.05) is 13.1 Å². The molecule has 3 rings (SSSR count). The molecule has 20 heavy (non-hydrogen) atoms. The minimum absolute atomic E-state index is 0.425. The summed E-state index contributed by atoms with van der Waals surface area (Å²) in [4.78, 5) is 0. The van der Waals surface area contributed by atoms with Crippen LogP contribution >= 0.6 is 11.3 Å². The van der Waals surface area contributed by atoms with Crippen LogP contribution in [-0.2, 0) is 10.0 Å². The normalized spacial score (nSPS) is 16.9. The predicted octanol–water partition coefficient (Wildman–Crippen LogP) is 3.23.